The molecule has 1 aliphatic carbocycles. The Morgan fingerprint density at radius 3 is 2.20 bits per heavy atom. The maximum absolute atomic E-state index is 11.0. The first-order chi connectivity index (χ1) is 4.45. The van der Waals surface area contributed by atoms with E-state index in [4.69, 9.17) is 0 Å². The van der Waals surface area contributed by atoms with Crippen molar-refractivity contribution in [3.63, 3.8) is 0 Å². The summed E-state index contributed by atoms with van der Waals surface area (Å²) in [6, 6.07) is 0. The van der Waals surface area contributed by atoms with Gasteiger partial charge in [0.05, 0.1) is 6.10 Å². The van der Waals surface area contributed by atoms with E-state index in [0.717, 1.165) is 0 Å². The first kappa shape index (κ1) is 7.73. The lowest BCUT2D eigenvalue weighted by Crippen LogP contribution is -2.26. The summed E-state index contributed by atoms with van der Waals surface area (Å²) in [7, 11) is 0. The minimum atomic E-state index is -0.444. The second-order valence-electron chi connectivity index (χ2n) is 3.87. The fraction of sp³-hybridized carbons (Fsp3) is 0.875. The van der Waals surface area contributed by atoms with Gasteiger partial charge in [0.15, 0.2) is 0 Å². The van der Waals surface area contributed by atoms with Crippen LogP contribution < -0.4 is 0 Å². The third-order valence-corrected chi connectivity index (χ3v) is 2.41. The van der Waals surface area contributed by atoms with Crippen molar-refractivity contribution in [1.82, 2.24) is 0 Å². The van der Waals surface area contributed by atoms with E-state index in [2.05, 4.69) is 0 Å². The zero-order chi connectivity index (χ0) is 7.94. The average molecular weight is 142 g/mol. The van der Waals surface area contributed by atoms with Crippen molar-refractivity contribution < 1.29 is 9.90 Å². The molecule has 0 bridgehead atoms. The van der Waals surface area contributed by atoms with Crippen LogP contribution in [0.4, 0.5) is 0 Å². The number of aliphatic hydroxyl groups is 1. The Morgan fingerprint density at radius 1 is 1.60 bits per heavy atom. The molecule has 2 unspecified atom stereocenters. The Bertz CT molecular complexity index is 161. The predicted molar refractivity (Wildman–Crippen MR) is 38.6 cm³/mol. The highest BCUT2D eigenvalue weighted by Crippen LogP contribution is 2.38. The Kier molecular flexibility index (Phi) is 1.59. The summed E-state index contributed by atoms with van der Waals surface area (Å²) in [6.07, 6.45) is 0.0787. The first-order valence-electron chi connectivity index (χ1n) is 3.66. The standard InChI is InChI=1S/C8H14O2/c1-5-6(9)4-8(2,3)7(5)10/h5,7,10H,4H2,1-3H3. The highest BCUT2D eigenvalue weighted by molar-refractivity contribution is 5.84. The van der Waals surface area contributed by atoms with E-state index in [1.807, 2.05) is 13.8 Å². The maximum atomic E-state index is 11.0. The van der Waals surface area contributed by atoms with Gasteiger partial charge in [0.1, 0.15) is 5.78 Å². The Balaban J connectivity index is 2.81. The minimum Gasteiger partial charge on any atom is -0.392 e. The van der Waals surface area contributed by atoms with Gasteiger partial charge in [-0.05, 0) is 5.41 Å². The van der Waals surface area contributed by atoms with Crippen LogP contribution >= 0.6 is 0 Å². The smallest absolute Gasteiger partial charge is 0.138 e. The van der Waals surface area contributed by atoms with Crippen LogP contribution in [0.2, 0.25) is 0 Å². The number of aliphatic hydroxyl groups excluding tert-OH is 1. The summed E-state index contributed by atoms with van der Waals surface area (Å²) >= 11 is 0. The van der Waals surface area contributed by atoms with Crippen LogP contribution in [0, 0.1) is 11.3 Å². The lowest BCUT2D eigenvalue weighted by molar-refractivity contribution is -0.121. The lowest BCUT2D eigenvalue weighted by atomic mass is 9.88. The van der Waals surface area contributed by atoms with Gasteiger partial charge in [-0.2, -0.15) is 0 Å². The van der Waals surface area contributed by atoms with Gasteiger partial charge in [-0.15, -0.1) is 0 Å². The van der Waals surface area contributed by atoms with Crippen molar-refractivity contribution in [2.45, 2.75) is 33.3 Å². The molecular formula is C8H14O2. The van der Waals surface area contributed by atoms with Crippen molar-refractivity contribution >= 4 is 5.78 Å². The molecule has 1 rings (SSSR count). The fourth-order valence-electron chi connectivity index (χ4n) is 1.57. The Morgan fingerprint density at radius 2 is 2.10 bits per heavy atom. The van der Waals surface area contributed by atoms with Crippen LogP contribution in [-0.4, -0.2) is 17.0 Å². The molecule has 0 aromatic rings. The van der Waals surface area contributed by atoms with Gasteiger partial charge in [-0.1, -0.05) is 20.8 Å². The highest BCUT2D eigenvalue weighted by atomic mass is 16.3. The molecule has 0 aromatic heterocycles. The molecule has 1 N–H and O–H groups in total. The number of hydrogen-bond acceptors (Lipinski definition) is 2. The molecule has 0 spiro atoms. The number of rotatable bonds is 0. The first-order valence-corrected chi connectivity index (χ1v) is 3.66. The van der Waals surface area contributed by atoms with E-state index in [0.29, 0.717) is 6.42 Å². The van der Waals surface area contributed by atoms with E-state index in [1.54, 1.807) is 6.92 Å². The predicted octanol–water partition coefficient (Wildman–Crippen LogP) is 0.982. The molecule has 2 nitrogen and oxygen atoms in total. The zero-order valence-electron chi connectivity index (χ0n) is 6.72. The fourth-order valence-corrected chi connectivity index (χ4v) is 1.57. The molecule has 58 valence electrons. The van der Waals surface area contributed by atoms with Crippen LogP contribution in [0.15, 0.2) is 0 Å². The molecule has 0 amide bonds. The van der Waals surface area contributed by atoms with Gasteiger partial charge < -0.3 is 5.11 Å². The molecule has 0 heterocycles. The van der Waals surface area contributed by atoms with Crippen LogP contribution in [-0.2, 0) is 4.79 Å². The van der Waals surface area contributed by atoms with Crippen molar-refractivity contribution in [3.05, 3.63) is 0 Å². The van der Waals surface area contributed by atoms with Gasteiger partial charge in [0.25, 0.3) is 0 Å². The number of carbonyl (C=O) groups excluding carboxylic acids is 1. The summed E-state index contributed by atoms with van der Waals surface area (Å²) in [6.45, 7) is 5.65. The third kappa shape index (κ3) is 0.966. The average Bonchev–Trinajstić information content (AvgIpc) is 1.95. The van der Waals surface area contributed by atoms with Gasteiger partial charge in [0.2, 0.25) is 0 Å². The summed E-state index contributed by atoms with van der Waals surface area (Å²) < 4.78 is 0. The van der Waals surface area contributed by atoms with E-state index in [9.17, 15) is 9.90 Å². The number of hydrogen-bond donors (Lipinski definition) is 1. The summed E-state index contributed by atoms with van der Waals surface area (Å²) in [4.78, 5) is 11.0. The molecule has 0 radical (unpaired) electrons. The van der Waals surface area contributed by atoms with Crippen molar-refractivity contribution in [2.24, 2.45) is 11.3 Å². The quantitative estimate of drug-likeness (QED) is 0.547. The molecule has 2 heteroatoms. The van der Waals surface area contributed by atoms with E-state index in [1.165, 1.54) is 0 Å². The molecule has 2 atom stereocenters. The minimum absolute atomic E-state index is 0.157. The molecule has 10 heavy (non-hydrogen) atoms. The normalized spacial score (nSPS) is 38.6. The van der Waals surface area contributed by atoms with Gasteiger partial charge in [0, 0.05) is 12.3 Å². The molecule has 0 saturated heterocycles. The van der Waals surface area contributed by atoms with E-state index in [-0.39, 0.29) is 17.1 Å². The molecule has 0 aromatic carbocycles. The van der Waals surface area contributed by atoms with Crippen LogP contribution in [0.1, 0.15) is 27.2 Å². The molecule has 1 aliphatic rings. The lowest BCUT2D eigenvalue weighted by Gasteiger charge is -2.22. The summed E-state index contributed by atoms with van der Waals surface area (Å²) in [5.74, 6) is 0.0347. The zero-order valence-corrected chi connectivity index (χ0v) is 6.72. The second kappa shape index (κ2) is 2.06. The number of Topliss-reactive ketones (excluding diaryl/α,β-unsaturated/α-hetero) is 1. The topological polar surface area (TPSA) is 37.3 Å². The Labute approximate surface area is 61.2 Å². The maximum Gasteiger partial charge on any atom is 0.138 e. The second-order valence-corrected chi connectivity index (χ2v) is 3.87. The molecule has 0 aliphatic heterocycles. The monoisotopic (exact) mass is 142 g/mol. The molecular weight excluding hydrogens is 128 g/mol. The van der Waals surface area contributed by atoms with Gasteiger partial charge in [-0.3, -0.25) is 4.79 Å². The van der Waals surface area contributed by atoms with Crippen LogP contribution in [0.3, 0.4) is 0 Å². The van der Waals surface area contributed by atoms with Gasteiger partial charge >= 0.3 is 0 Å². The number of ketones is 1. The Hall–Kier alpha value is -0.370. The number of carbonyl (C=O) groups is 1. The molecule has 1 saturated carbocycles. The largest absolute Gasteiger partial charge is 0.392 e. The van der Waals surface area contributed by atoms with Crippen LogP contribution in [0.25, 0.3) is 0 Å². The van der Waals surface area contributed by atoms with Gasteiger partial charge in [-0.25, -0.2) is 0 Å². The van der Waals surface area contributed by atoms with Crippen molar-refractivity contribution in [3.8, 4) is 0 Å². The highest BCUT2D eigenvalue weighted by Gasteiger charge is 2.43. The summed E-state index contributed by atoms with van der Waals surface area (Å²) in [5, 5.41) is 9.48. The van der Waals surface area contributed by atoms with E-state index < -0.39 is 6.10 Å². The van der Waals surface area contributed by atoms with Crippen molar-refractivity contribution in [1.29, 1.82) is 0 Å². The van der Waals surface area contributed by atoms with Crippen LogP contribution in [0.5, 0.6) is 0 Å². The van der Waals surface area contributed by atoms with Crippen molar-refractivity contribution in [2.75, 3.05) is 0 Å². The third-order valence-electron chi connectivity index (χ3n) is 2.41. The van der Waals surface area contributed by atoms with E-state index >= 15 is 0 Å². The summed E-state index contributed by atoms with van der Waals surface area (Å²) in [5.41, 5.74) is -0.198. The SMILES string of the molecule is CC1C(=O)CC(C)(C)C1O. The molecule has 1 fully saturated rings.